The molecule has 1 aromatic carbocycles. The van der Waals surface area contributed by atoms with Gasteiger partial charge in [0.05, 0.1) is 5.75 Å². The summed E-state index contributed by atoms with van der Waals surface area (Å²) >= 11 is 3.40. The van der Waals surface area contributed by atoms with Crippen LogP contribution in [0.5, 0.6) is 0 Å². The van der Waals surface area contributed by atoms with E-state index in [1.165, 1.54) is 6.26 Å². The number of sulfone groups is 1. The molecular weight excluding hydrogens is 278 g/mol. The largest absolute Gasteiger partial charge is 0.326 e. The van der Waals surface area contributed by atoms with E-state index in [1.807, 2.05) is 24.3 Å². The van der Waals surface area contributed by atoms with E-state index in [0.29, 0.717) is 6.42 Å². The molecule has 0 fully saturated rings. The van der Waals surface area contributed by atoms with Crippen molar-refractivity contribution in [2.45, 2.75) is 12.5 Å². The molecule has 0 aliphatic rings. The molecule has 1 aromatic rings. The van der Waals surface area contributed by atoms with Crippen molar-refractivity contribution >= 4 is 25.8 Å². The molecule has 0 aliphatic carbocycles. The van der Waals surface area contributed by atoms with E-state index in [4.69, 9.17) is 5.73 Å². The predicted octanol–water partition coefficient (Wildman–Crippen LogP) is 1.36. The van der Waals surface area contributed by atoms with Crippen LogP contribution in [0.15, 0.2) is 28.7 Å². The summed E-state index contributed by atoms with van der Waals surface area (Å²) < 4.78 is 23.0. The third kappa shape index (κ3) is 4.77. The summed E-state index contributed by atoms with van der Waals surface area (Å²) in [5, 5.41) is 0. The van der Waals surface area contributed by atoms with Gasteiger partial charge in [-0.05, 0) is 18.1 Å². The van der Waals surface area contributed by atoms with Gasteiger partial charge in [0.2, 0.25) is 0 Å². The van der Waals surface area contributed by atoms with Crippen LogP contribution in [0.25, 0.3) is 0 Å². The molecule has 0 saturated heterocycles. The number of rotatable bonds is 4. The average Bonchev–Trinajstić information content (AvgIpc) is 2.05. The second-order valence-corrected chi connectivity index (χ2v) is 6.69. The summed E-state index contributed by atoms with van der Waals surface area (Å²) in [6.45, 7) is 0. The Balaban J connectivity index is 2.67. The number of halogens is 1. The molecule has 0 saturated carbocycles. The van der Waals surface area contributed by atoms with Crippen molar-refractivity contribution in [3.05, 3.63) is 34.3 Å². The maximum atomic E-state index is 11.0. The highest BCUT2D eigenvalue weighted by molar-refractivity contribution is 9.10. The highest BCUT2D eigenvalue weighted by atomic mass is 79.9. The van der Waals surface area contributed by atoms with E-state index in [0.717, 1.165) is 10.0 Å². The Kier molecular flexibility index (Phi) is 4.31. The number of hydrogen-bond donors (Lipinski definition) is 1. The van der Waals surface area contributed by atoms with Crippen LogP contribution < -0.4 is 5.73 Å². The molecule has 0 aromatic heterocycles. The first-order valence-corrected chi connectivity index (χ1v) is 7.40. The van der Waals surface area contributed by atoms with E-state index in [9.17, 15) is 8.42 Å². The van der Waals surface area contributed by atoms with Gasteiger partial charge in [-0.25, -0.2) is 8.42 Å². The van der Waals surface area contributed by atoms with Gasteiger partial charge < -0.3 is 5.73 Å². The average molecular weight is 292 g/mol. The molecule has 2 N–H and O–H groups in total. The standard InChI is InChI=1S/C10H14BrNO2S/c1-15(13,14)7-9(12)6-8-4-2-3-5-10(8)11/h2-5,9H,6-7,12H2,1H3. The summed E-state index contributed by atoms with van der Waals surface area (Å²) in [7, 11) is -3.00. The van der Waals surface area contributed by atoms with Gasteiger partial charge in [0, 0.05) is 16.8 Å². The van der Waals surface area contributed by atoms with Crippen molar-refractivity contribution in [1.82, 2.24) is 0 Å². The molecule has 84 valence electrons. The Morgan fingerprint density at radius 1 is 1.40 bits per heavy atom. The molecule has 1 unspecified atom stereocenters. The molecule has 0 spiro atoms. The third-order valence-corrected chi connectivity index (χ3v) is 3.76. The van der Waals surface area contributed by atoms with Crippen LogP contribution >= 0.6 is 15.9 Å². The minimum absolute atomic E-state index is 0.0222. The summed E-state index contributed by atoms with van der Waals surface area (Å²) in [4.78, 5) is 0. The molecule has 0 heterocycles. The minimum Gasteiger partial charge on any atom is -0.326 e. The molecule has 5 heteroatoms. The van der Waals surface area contributed by atoms with E-state index in [-0.39, 0.29) is 11.8 Å². The van der Waals surface area contributed by atoms with E-state index in [1.54, 1.807) is 0 Å². The molecule has 0 radical (unpaired) electrons. The lowest BCUT2D eigenvalue weighted by atomic mass is 10.1. The fourth-order valence-electron chi connectivity index (χ4n) is 1.39. The highest BCUT2D eigenvalue weighted by Gasteiger charge is 2.12. The lowest BCUT2D eigenvalue weighted by Crippen LogP contribution is -2.31. The lowest BCUT2D eigenvalue weighted by molar-refractivity contribution is 0.591. The lowest BCUT2D eigenvalue weighted by Gasteiger charge is -2.11. The van der Waals surface area contributed by atoms with Crippen LogP contribution in [-0.4, -0.2) is 26.5 Å². The van der Waals surface area contributed by atoms with Crippen molar-refractivity contribution < 1.29 is 8.42 Å². The monoisotopic (exact) mass is 291 g/mol. The van der Waals surface area contributed by atoms with Gasteiger partial charge in [-0.2, -0.15) is 0 Å². The van der Waals surface area contributed by atoms with Gasteiger partial charge >= 0.3 is 0 Å². The van der Waals surface area contributed by atoms with Crippen LogP contribution in [0.2, 0.25) is 0 Å². The maximum absolute atomic E-state index is 11.0. The topological polar surface area (TPSA) is 60.2 Å². The van der Waals surface area contributed by atoms with Crippen LogP contribution in [0.4, 0.5) is 0 Å². The van der Waals surface area contributed by atoms with Crippen molar-refractivity contribution in [2.24, 2.45) is 5.73 Å². The van der Waals surface area contributed by atoms with Crippen molar-refractivity contribution in [3.63, 3.8) is 0 Å². The SMILES string of the molecule is CS(=O)(=O)CC(N)Cc1ccccc1Br. The van der Waals surface area contributed by atoms with Gasteiger partial charge in [-0.3, -0.25) is 0 Å². The third-order valence-electron chi connectivity index (χ3n) is 1.96. The van der Waals surface area contributed by atoms with E-state index < -0.39 is 9.84 Å². The maximum Gasteiger partial charge on any atom is 0.148 e. The van der Waals surface area contributed by atoms with Crippen LogP contribution in [-0.2, 0) is 16.3 Å². The summed E-state index contributed by atoms with van der Waals surface area (Å²) in [6, 6.07) is 7.33. The van der Waals surface area contributed by atoms with E-state index >= 15 is 0 Å². The Bertz CT molecular complexity index is 431. The molecule has 15 heavy (non-hydrogen) atoms. The zero-order valence-electron chi connectivity index (χ0n) is 8.48. The molecule has 0 bridgehead atoms. The summed E-state index contributed by atoms with van der Waals surface area (Å²) in [5.41, 5.74) is 6.80. The summed E-state index contributed by atoms with van der Waals surface area (Å²) in [6.07, 6.45) is 1.77. The zero-order valence-corrected chi connectivity index (χ0v) is 10.9. The Morgan fingerprint density at radius 3 is 2.53 bits per heavy atom. The predicted molar refractivity (Wildman–Crippen MR) is 65.5 cm³/mol. The first kappa shape index (κ1) is 12.7. The van der Waals surface area contributed by atoms with Crippen LogP contribution in [0.1, 0.15) is 5.56 Å². The summed E-state index contributed by atoms with van der Waals surface area (Å²) in [5.74, 6) is 0.0222. The van der Waals surface area contributed by atoms with Gasteiger partial charge in [-0.15, -0.1) is 0 Å². The van der Waals surface area contributed by atoms with E-state index in [2.05, 4.69) is 15.9 Å². The quantitative estimate of drug-likeness (QED) is 0.911. The molecule has 0 amide bonds. The van der Waals surface area contributed by atoms with Crippen molar-refractivity contribution in [3.8, 4) is 0 Å². The van der Waals surface area contributed by atoms with Crippen molar-refractivity contribution in [2.75, 3.05) is 12.0 Å². The minimum atomic E-state index is -3.00. The van der Waals surface area contributed by atoms with Gasteiger partial charge in [0.15, 0.2) is 0 Å². The first-order chi connectivity index (χ1) is 6.88. The van der Waals surface area contributed by atoms with Gasteiger partial charge in [0.25, 0.3) is 0 Å². The highest BCUT2D eigenvalue weighted by Crippen LogP contribution is 2.17. The Hall–Kier alpha value is -0.390. The Labute approximate surface area is 98.7 Å². The second kappa shape index (κ2) is 5.09. The van der Waals surface area contributed by atoms with Crippen LogP contribution in [0, 0.1) is 0 Å². The van der Waals surface area contributed by atoms with Gasteiger partial charge in [0.1, 0.15) is 9.84 Å². The molecule has 1 atom stereocenters. The number of nitrogens with two attached hydrogens (primary N) is 1. The normalized spacial score (nSPS) is 13.8. The van der Waals surface area contributed by atoms with Gasteiger partial charge in [-0.1, -0.05) is 34.1 Å². The number of benzene rings is 1. The number of hydrogen-bond acceptors (Lipinski definition) is 3. The smallest absolute Gasteiger partial charge is 0.148 e. The molecular formula is C10H14BrNO2S. The van der Waals surface area contributed by atoms with Crippen molar-refractivity contribution in [1.29, 1.82) is 0 Å². The fraction of sp³-hybridized carbons (Fsp3) is 0.400. The second-order valence-electron chi connectivity index (χ2n) is 3.65. The Morgan fingerprint density at radius 2 is 2.00 bits per heavy atom. The molecule has 3 nitrogen and oxygen atoms in total. The van der Waals surface area contributed by atoms with Crippen LogP contribution in [0.3, 0.4) is 0 Å². The molecule has 0 aliphatic heterocycles. The molecule has 1 rings (SSSR count). The zero-order chi connectivity index (χ0) is 11.5. The first-order valence-electron chi connectivity index (χ1n) is 4.55. The fourth-order valence-corrected chi connectivity index (χ4v) is 2.74.